The third-order valence-corrected chi connectivity index (χ3v) is 6.83. The topological polar surface area (TPSA) is 72.7 Å². The molecule has 1 aliphatic carbocycles. The molecule has 4 aromatic rings. The van der Waals surface area contributed by atoms with Gasteiger partial charge in [-0.25, -0.2) is 4.98 Å². The maximum Gasteiger partial charge on any atom is 0.219 e. The lowest BCUT2D eigenvalue weighted by molar-refractivity contribution is -0.121. The predicted octanol–water partition coefficient (Wildman–Crippen LogP) is 4.84. The fraction of sp³-hybridized carbons (Fsp3) is 0.304. The largest absolute Gasteiger partial charge is 0.353 e. The van der Waals surface area contributed by atoms with Crippen LogP contribution in [0.15, 0.2) is 54.9 Å². The molecule has 6 nitrogen and oxygen atoms in total. The number of nitrogens with one attached hydrogen (secondary N) is 1. The van der Waals surface area contributed by atoms with Crippen LogP contribution in [0.4, 0.5) is 0 Å². The number of amides is 1. The molecule has 0 spiro atoms. The summed E-state index contributed by atoms with van der Waals surface area (Å²) in [5.74, 6) is 0.994. The highest BCUT2D eigenvalue weighted by atomic mass is 32.1. The Hall–Kier alpha value is -3.06. The first-order valence-corrected chi connectivity index (χ1v) is 11.2. The third kappa shape index (κ3) is 3.61. The third-order valence-electron chi connectivity index (χ3n) is 5.74. The van der Waals surface area contributed by atoms with E-state index in [0.717, 1.165) is 46.7 Å². The van der Waals surface area contributed by atoms with Crippen molar-refractivity contribution in [2.45, 2.75) is 44.7 Å². The summed E-state index contributed by atoms with van der Waals surface area (Å²) in [4.78, 5) is 16.5. The number of nitrogens with zero attached hydrogens (tertiary/aromatic N) is 4. The fourth-order valence-corrected chi connectivity index (χ4v) is 5.12. The van der Waals surface area contributed by atoms with E-state index >= 15 is 0 Å². The zero-order chi connectivity index (χ0) is 20.5. The first kappa shape index (κ1) is 18.9. The van der Waals surface area contributed by atoms with E-state index in [1.807, 2.05) is 31.5 Å². The molecule has 2 heterocycles. The van der Waals surface area contributed by atoms with Gasteiger partial charge in [0, 0.05) is 29.6 Å². The van der Waals surface area contributed by atoms with E-state index in [4.69, 9.17) is 4.98 Å². The summed E-state index contributed by atoms with van der Waals surface area (Å²) in [6.07, 6.45) is 5.26. The number of thiazole rings is 1. The van der Waals surface area contributed by atoms with E-state index in [2.05, 4.69) is 50.4 Å². The van der Waals surface area contributed by atoms with Crippen LogP contribution in [0.3, 0.4) is 0 Å². The Bertz CT molecular complexity index is 1150. The van der Waals surface area contributed by atoms with Gasteiger partial charge in [0.25, 0.3) is 0 Å². The minimum Gasteiger partial charge on any atom is -0.353 e. The quantitative estimate of drug-likeness (QED) is 0.504. The predicted molar refractivity (Wildman–Crippen MR) is 119 cm³/mol. The molecule has 5 rings (SSSR count). The maximum absolute atomic E-state index is 11.7. The molecule has 0 bridgehead atoms. The van der Waals surface area contributed by atoms with Crippen molar-refractivity contribution in [3.05, 3.63) is 54.9 Å². The lowest BCUT2D eigenvalue weighted by Gasteiger charge is -2.16. The molecule has 2 aromatic carbocycles. The van der Waals surface area contributed by atoms with Gasteiger partial charge in [0.05, 0.1) is 10.2 Å². The molecule has 7 heteroatoms. The van der Waals surface area contributed by atoms with Gasteiger partial charge in [0.1, 0.15) is 11.3 Å². The molecule has 0 radical (unpaired) electrons. The molecule has 2 atom stereocenters. The van der Waals surface area contributed by atoms with Gasteiger partial charge in [0.2, 0.25) is 5.91 Å². The second-order valence-corrected chi connectivity index (χ2v) is 8.74. The van der Waals surface area contributed by atoms with Crippen LogP contribution in [0.5, 0.6) is 0 Å². The van der Waals surface area contributed by atoms with Gasteiger partial charge >= 0.3 is 0 Å². The van der Waals surface area contributed by atoms with Gasteiger partial charge in [-0.1, -0.05) is 43.3 Å². The Morgan fingerprint density at radius 1 is 1.13 bits per heavy atom. The molecule has 2 unspecified atom stereocenters. The van der Waals surface area contributed by atoms with Crippen LogP contribution in [0.2, 0.25) is 0 Å². The van der Waals surface area contributed by atoms with Crippen molar-refractivity contribution in [3.8, 4) is 22.0 Å². The van der Waals surface area contributed by atoms with Crippen LogP contribution in [0, 0.1) is 0 Å². The van der Waals surface area contributed by atoms with Gasteiger partial charge < -0.3 is 9.88 Å². The average Bonchev–Trinajstić information content (AvgIpc) is 3.52. The van der Waals surface area contributed by atoms with Gasteiger partial charge in [-0.05, 0) is 31.4 Å². The SMILES string of the molecule is CCC(=O)NC1CCC(n2cnnc2-c2ccc(-c3nc4ccccc4s3)cc2)C1. The highest BCUT2D eigenvalue weighted by Crippen LogP contribution is 2.34. The number of benzene rings is 2. The molecule has 30 heavy (non-hydrogen) atoms. The van der Waals surface area contributed by atoms with E-state index in [0.29, 0.717) is 12.5 Å². The lowest BCUT2D eigenvalue weighted by Crippen LogP contribution is -2.32. The summed E-state index contributed by atoms with van der Waals surface area (Å²) >= 11 is 1.71. The summed E-state index contributed by atoms with van der Waals surface area (Å²) < 4.78 is 3.35. The molecule has 1 fully saturated rings. The molecule has 0 saturated heterocycles. The number of hydrogen-bond donors (Lipinski definition) is 1. The van der Waals surface area contributed by atoms with Crippen LogP contribution >= 0.6 is 11.3 Å². The number of rotatable bonds is 5. The summed E-state index contributed by atoms with van der Waals surface area (Å²) in [5.41, 5.74) is 3.18. The summed E-state index contributed by atoms with van der Waals surface area (Å²) in [6.45, 7) is 1.89. The van der Waals surface area contributed by atoms with Gasteiger partial charge in [0.15, 0.2) is 5.82 Å². The van der Waals surface area contributed by atoms with E-state index in [-0.39, 0.29) is 11.9 Å². The zero-order valence-corrected chi connectivity index (χ0v) is 17.6. The first-order valence-electron chi connectivity index (χ1n) is 10.4. The van der Waals surface area contributed by atoms with Crippen molar-refractivity contribution in [1.29, 1.82) is 0 Å². The Labute approximate surface area is 179 Å². The second-order valence-electron chi connectivity index (χ2n) is 7.71. The number of para-hydroxylation sites is 1. The monoisotopic (exact) mass is 417 g/mol. The van der Waals surface area contributed by atoms with Gasteiger partial charge in [-0.15, -0.1) is 21.5 Å². The number of aromatic nitrogens is 4. The van der Waals surface area contributed by atoms with Crippen molar-refractivity contribution < 1.29 is 4.79 Å². The molecule has 0 aliphatic heterocycles. The summed E-state index contributed by atoms with van der Waals surface area (Å²) in [6, 6.07) is 17.1. The van der Waals surface area contributed by atoms with Crippen LogP contribution in [-0.2, 0) is 4.79 Å². The zero-order valence-electron chi connectivity index (χ0n) is 16.8. The molecule has 1 amide bonds. The lowest BCUT2D eigenvalue weighted by atomic mass is 10.1. The molecule has 2 aromatic heterocycles. The average molecular weight is 418 g/mol. The normalized spacial score (nSPS) is 18.7. The Morgan fingerprint density at radius 2 is 1.93 bits per heavy atom. The smallest absolute Gasteiger partial charge is 0.219 e. The van der Waals surface area contributed by atoms with Crippen molar-refractivity contribution in [3.63, 3.8) is 0 Å². The first-order chi connectivity index (χ1) is 14.7. The van der Waals surface area contributed by atoms with Crippen molar-refractivity contribution >= 4 is 27.5 Å². The Kier molecular flexibility index (Phi) is 5.04. The number of hydrogen-bond acceptors (Lipinski definition) is 5. The number of carbonyl (C=O) groups excluding carboxylic acids is 1. The van der Waals surface area contributed by atoms with E-state index in [9.17, 15) is 4.79 Å². The van der Waals surface area contributed by atoms with Crippen LogP contribution in [0.25, 0.3) is 32.2 Å². The second kappa shape index (κ2) is 7.99. The number of carbonyl (C=O) groups is 1. The summed E-state index contributed by atoms with van der Waals surface area (Å²) in [7, 11) is 0. The van der Waals surface area contributed by atoms with E-state index in [1.165, 1.54) is 4.70 Å². The highest BCUT2D eigenvalue weighted by Gasteiger charge is 2.28. The van der Waals surface area contributed by atoms with Gasteiger partial charge in [-0.3, -0.25) is 4.79 Å². The van der Waals surface area contributed by atoms with Crippen LogP contribution in [-0.4, -0.2) is 31.7 Å². The molecular formula is C23H23N5OS. The molecular weight excluding hydrogens is 394 g/mol. The molecule has 1 saturated carbocycles. The number of fused-ring (bicyclic) bond motifs is 1. The minimum atomic E-state index is 0.120. The Balaban J connectivity index is 1.36. The van der Waals surface area contributed by atoms with E-state index in [1.54, 1.807) is 11.3 Å². The van der Waals surface area contributed by atoms with Crippen LogP contribution < -0.4 is 5.32 Å². The summed E-state index contributed by atoms with van der Waals surface area (Å²) in [5, 5.41) is 12.7. The fourth-order valence-electron chi connectivity index (χ4n) is 4.15. The minimum absolute atomic E-state index is 0.120. The van der Waals surface area contributed by atoms with Gasteiger partial charge in [-0.2, -0.15) is 0 Å². The molecule has 1 aliphatic rings. The van der Waals surface area contributed by atoms with Crippen molar-refractivity contribution in [2.75, 3.05) is 0 Å². The highest BCUT2D eigenvalue weighted by molar-refractivity contribution is 7.21. The van der Waals surface area contributed by atoms with Crippen molar-refractivity contribution in [1.82, 2.24) is 25.1 Å². The van der Waals surface area contributed by atoms with Crippen LogP contribution in [0.1, 0.15) is 38.6 Å². The molecule has 1 N–H and O–H groups in total. The molecule has 152 valence electrons. The van der Waals surface area contributed by atoms with E-state index < -0.39 is 0 Å². The standard InChI is InChI=1S/C23H23N5OS/c1-2-21(29)25-17-11-12-18(13-17)28-14-24-27-22(28)15-7-9-16(10-8-15)23-26-19-5-3-4-6-20(19)30-23/h3-10,14,17-18H,2,11-13H2,1H3,(H,25,29). The van der Waals surface area contributed by atoms with Crippen molar-refractivity contribution in [2.24, 2.45) is 0 Å². The maximum atomic E-state index is 11.7. The Morgan fingerprint density at radius 3 is 2.73 bits per heavy atom.